The molecule has 2 rings (SSSR count). The van der Waals surface area contributed by atoms with Crippen molar-refractivity contribution < 1.29 is 18.7 Å². The maximum absolute atomic E-state index is 13.3. The highest BCUT2D eigenvalue weighted by Crippen LogP contribution is 2.29. The van der Waals surface area contributed by atoms with Crippen LogP contribution in [0.5, 0.6) is 11.5 Å². The fourth-order valence-corrected chi connectivity index (χ4v) is 2.00. The van der Waals surface area contributed by atoms with E-state index in [1.165, 1.54) is 26.4 Å². The van der Waals surface area contributed by atoms with Gasteiger partial charge in [0.15, 0.2) is 0 Å². The molecule has 21 heavy (non-hydrogen) atoms. The molecule has 0 spiro atoms. The Labute approximate surface area is 126 Å². The van der Waals surface area contributed by atoms with Gasteiger partial charge < -0.3 is 14.8 Å². The second-order valence-corrected chi connectivity index (χ2v) is 4.58. The van der Waals surface area contributed by atoms with E-state index in [0.29, 0.717) is 16.5 Å². The number of anilines is 1. The van der Waals surface area contributed by atoms with Crippen LogP contribution in [0.15, 0.2) is 36.4 Å². The summed E-state index contributed by atoms with van der Waals surface area (Å²) in [6, 6.07) is 8.52. The van der Waals surface area contributed by atoms with Crippen molar-refractivity contribution in [1.82, 2.24) is 0 Å². The van der Waals surface area contributed by atoms with Crippen LogP contribution in [0.4, 0.5) is 10.1 Å². The standard InChI is InChI=1S/C15H13ClFNO3/c1-20-13-6-4-10(17)8-11(13)15(19)18-12-7-9(16)3-5-14(12)21-2/h3-8H,1-2H3,(H,18,19). The zero-order chi connectivity index (χ0) is 15.4. The van der Waals surface area contributed by atoms with Crippen LogP contribution >= 0.6 is 11.6 Å². The molecule has 0 aromatic heterocycles. The van der Waals surface area contributed by atoms with Gasteiger partial charge in [-0.3, -0.25) is 4.79 Å². The SMILES string of the molecule is COc1ccc(Cl)cc1NC(=O)c1cc(F)ccc1OC. The molecular formula is C15H13ClFNO3. The Bertz CT molecular complexity index is 676. The molecule has 0 radical (unpaired) electrons. The Kier molecular flexibility index (Phi) is 4.65. The van der Waals surface area contributed by atoms with Crippen LogP contribution in [0.1, 0.15) is 10.4 Å². The van der Waals surface area contributed by atoms with Gasteiger partial charge in [0.25, 0.3) is 5.91 Å². The van der Waals surface area contributed by atoms with E-state index in [1.54, 1.807) is 18.2 Å². The molecule has 0 bridgehead atoms. The third-order valence-corrected chi connectivity index (χ3v) is 3.05. The number of carbonyl (C=O) groups excluding carboxylic acids is 1. The largest absolute Gasteiger partial charge is 0.496 e. The molecule has 0 aliphatic rings. The molecule has 0 saturated heterocycles. The summed E-state index contributed by atoms with van der Waals surface area (Å²) in [6.07, 6.45) is 0. The van der Waals surface area contributed by atoms with Crippen molar-refractivity contribution >= 4 is 23.2 Å². The molecule has 6 heteroatoms. The minimum absolute atomic E-state index is 0.0829. The summed E-state index contributed by atoms with van der Waals surface area (Å²) in [6.45, 7) is 0. The lowest BCUT2D eigenvalue weighted by Crippen LogP contribution is -2.14. The minimum atomic E-state index is -0.529. The topological polar surface area (TPSA) is 47.6 Å². The second-order valence-electron chi connectivity index (χ2n) is 4.14. The first-order chi connectivity index (χ1) is 10.0. The summed E-state index contributed by atoms with van der Waals surface area (Å²) in [5.41, 5.74) is 0.473. The molecule has 2 aromatic carbocycles. The van der Waals surface area contributed by atoms with Crippen molar-refractivity contribution in [2.45, 2.75) is 0 Å². The average Bonchev–Trinajstić information content (AvgIpc) is 2.47. The highest BCUT2D eigenvalue weighted by atomic mass is 35.5. The first-order valence-corrected chi connectivity index (χ1v) is 6.41. The van der Waals surface area contributed by atoms with E-state index >= 15 is 0 Å². The van der Waals surface area contributed by atoms with Crippen LogP contribution in [0.3, 0.4) is 0 Å². The molecule has 1 amide bonds. The quantitative estimate of drug-likeness (QED) is 0.935. The summed E-state index contributed by atoms with van der Waals surface area (Å²) in [5, 5.41) is 3.07. The lowest BCUT2D eigenvalue weighted by atomic mass is 10.1. The highest BCUT2D eigenvalue weighted by molar-refractivity contribution is 6.31. The van der Waals surface area contributed by atoms with Gasteiger partial charge in [0, 0.05) is 5.02 Å². The Morgan fingerprint density at radius 1 is 1.10 bits per heavy atom. The molecule has 0 aliphatic heterocycles. The zero-order valence-corrected chi connectivity index (χ0v) is 12.2. The number of methoxy groups -OCH3 is 2. The number of carbonyl (C=O) groups is 1. The number of benzene rings is 2. The predicted molar refractivity (Wildman–Crippen MR) is 78.9 cm³/mol. The van der Waals surface area contributed by atoms with E-state index in [1.807, 2.05) is 0 Å². The van der Waals surface area contributed by atoms with Gasteiger partial charge in [-0.25, -0.2) is 4.39 Å². The lowest BCUT2D eigenvalue weighted by molar-refractivity contribution is 0.102. The number of ether oxygens (including phenoxy) is 2. The molecule has 4 nitrogen and oxygen atoms in total. The first-order valence-electron chi connectivity index (χ1n) is 6.03. The number of hydrogen-bond donors (Lipinski definition) is 1. The Morgan fingerprint density at radius 2 is 1.76 bits per heavy atom. The predicted octanol–water partition coefficient (Wildman–Crippen LogP) is 3.75. The molecule has 0 unspecified atom stereocenters. The summed E-state index contributed by atoms with van der Waals surface area (Å²) in [4.78, 5) is 12.3. The van der Waals surface area contributed by atoms with Crippen LogP contribution in [0, 0.1) is 5.82 Å². The van der Waals surface area contributed by atoms with Crippen molar-refractivity contribution in [1.29, 1.82) is 0 Å². The summed E-state index contributed by atoms with van der Waals surface area (Å²) in [7, 11) is 2.88. The third-order valence-electron chi connectivity index (χ3n) is 2.82. The number of halogens is 2. The molecule has 0 saturated carbocycles. The number of rotatable bonds is 4. The molecule has 1 N–H and O–H groups in total. The number of amides is 1. The molecule has 0 aliphatic carbocycles. The van der Waals surface area contributed by atoms with Gasteiger partial charge in [-0.15, -0.1) is 0 Å². The van der Waals surface area contributed by atoms with Crippen LogP contribution < -0.4 is 14.8 Å². The summed E-state index contributed by atoms with van der Waals surface area (Å²) < 4.78 is 23.5. The normalized spacial score (nSPS) is 10.1. The average molecular weight is 310 g/mol. The Hall–Kier alpha value is -2.27. The van der Waals surface area contributed by atoms with Gasteiger partial charge in [-0.2, -0.15) is 0 Å². The molecule has 2 aromatic rings. The maximum atomic E-state index is 13.3. The van der Waals surface area contributed by atoms with Crippen LogP contribution in [-0.2, 0) is 0 Å². The van der Waals surface area contributed by atoms with Crippen LogP contribution in [-0.4, -0.2) is 20.1 Å². The van der Waals surface area contributed by atoms with Crippen molar-refractivity contribution in [3.8, 4) is 11.5 Å². The lowest BCUT2D eigenvalue weighted by Gasteiger charge is -2.12. The van der Waals surface area contributed by atoms with Gasteiger partial charge in [0.1, 0.15) is 17.3 Å². The van der Waals surface area contributed by atoms with Crippen LogP contribution in [0.25, 0.3) is 0 Å². The van der Waals surface area contributed by atoms with Gasteiger partial charge in [-0.1, -0.05) is 11.6 Å². The summed E-state index contributed by atoms with van der Waals surface area (Å²) in [5.74, 6) is -0.330. The fraction of sp³-hybridized carbons (Fsp3) is 0.133. The number of hydrogen-bond acceptors (Lipinski definition) is 3. The van der Waals surface area contributed by atoms with Gasteiger partial charge in [0.2, 0.25) is 0 Å². The van der Waals surface area contributed by atoms with Crippen molar-refractivity contribution in [2.24, 2.45) is 0 Å². The van der Waals surface area contributed by atoms with Gasteiger partial charge >= 0.3 is 0 Å². The van der Waals surface area contributed by atoms with Crippen LogP contribution in [0.2, 0.25) is 5.02 Å². The maximum Gasteiger partial charge on any atom is 0.259 e. The van der Waals surface area contributed by atoms with Crippen molar-refractivity contribution in [3.05, 3.63) is 52.8 Å². The fourth-order valence-electron chi connectivity index (χ4n) is 1.83. The molecule has 0 heterocycles. The summed E-state index contributed by atoms with van der Waals surface area (Å²) >= 11 is 5.90. The molecular weight excluding hydrogens is 297 g/mol. The third kappa shape index (κ3) is 3.44. The highest BCUT2D eigenvalue weighted by Gasteiger charge is 2.15. The number of nitrogens with one attached hydrogen (secondary N) is 1. The Balaban J connectivity index is 2.34. The van der Waals surface area contributed by atoms with Crippen molar-refractivity contribution in [2.75, 3.05) is 19.5 Å². The first kappa shape index (κ1) is 15.1. The van der Waals surface area contributed by atoms with E-state index in [2.05, 4.69) is 5.32 Å². The molecule has 110 valence electrons. The zero-order valence-electron chi connectivity index (χ0n) is 11.4. The molecule has 0 atom stereocenters. The minimum Gasteiger partial charge on any atom is -0.496 e. The monoisotopic (exact) mass is 309 g/mol. The smallest absolute Gasteiger partial charge is 0.259 e. The van der Waals surface area contributed by atoms with Crippen molar-refractivity contribution in [3.63, 3.8) is 0 Å². The molecule has 0 fully saturated rings. The second kappa shape index (κ2) is 6.45. The Morgan fingerprint density at radius 3 is 2.43 bits per heavy atom. The van der Waals surface area contributed by atoms with Gasteiger partial charge in [0.05, 0.1) is 25.5 Å². The van der Waals surface area contributed by atoms with E-state index in [9.17, 15) is 9.18 Å². The van der Waals surface area contributed by atoms with E-state index in [-0.39, 0.29) is 11.3 Å². The van der Waals surface area contributed by atoms with Gasteiger partial charge in [-0.05, 0) is 36.4 Å². The van der Waals surface area contributed by atoms with E-state index in [0.717, 1.165) is 6.07 Å². The van der Waals surface area contributed by atoms with E-state index < -0.39 is 11.7 Å². The van der Waals surface area contributed by atoms with E-state index in [4.69, 9.17) is 21.1 Å².